The number of rotatable bonds is 3. The Morgan fingerprint density at radius 2 is 0.938 bits per heavy atom. The topological polar surface area (TPSA) is 11.4 Å². The molecule has 8 aromatic rings. The lowest BCUT2D eigenvalue weighted by molar-refractivity contribution is 0.630. The van der Waals surface area contributed by atoms with Gasteiger partial charge in [0.15, 0.2) is 0 Å². The highest BCUT2D eigenvalue weighted by molar-refractivity contribution is 6.13. The summed E-state index contributed by atoms with van der Waals surface area (Å²) >= 11 is 0. The lowest BCUT2D eigenvalue weighted by atomic mass is 9.75. The molecular weight excluding hydrogens is 583 g/mol. The van der Waals surface area contributed by atoms with Crippen molar-refractivity contribution in [3.8, 4) is 16.8 Å². The summed E-state index contributed by atoms with van der Waals surface area (Å²) in [5.74, 6) is 0. The Kier molecular flexibility index (Phi) is 5.63. The molecule has 228 valence electrons. The Morgan fingerprint density at radius 3 is 1.65 bits per heavy atom. The van der Waals surface area contributed by atoms with Crippen LogP contribution in [0, 0.1) is 0 Å². The highest BCUT2D eigenvalue weighted by Crippen LogP contribution is 2.55. The molecule has 0 atom stereocenters. The third kappa shape index (κ3) is 3.70. The summed E-state index contributed by atoms with van der Waals surface area (Å²) in [5, 5.41) is 2.59. The number of nitrogens with zero attached hydrogens (tertiary/aromatic N) is 3. The van der Waals surface area contributed by atoms with Crippen LogP contribution >= 0.6 is 0 Å². The number of hydrogen-bond donors (Lipinski definition) is 0. The van der Waals surface area contributed by atoms with Gasteiger partial charge >= 0.3 is 0 Å². The summed E-state index contributed by atoms with van der Waals surface area (Å²) in [6.07, 6.45) is 0. The predicted molar refractivity (Wildman–Crippen MR) is 201 cm³/mol. The summed E-state index contributed by atoms with van der Waals surface area (Å²) < 4.78 is 2.49. The molecule has 0 bridgehead atoms. The van der Waals surface area contributed by atoms with Crippen LogP contribution in [0.1, 0.15) is 25.0 Å². The van der Waals surface area contributed by atoms with E-state index in [0.717, 1.165) is 34.1 Å². The SMILES string of the molecule is CC1(C)c2ccccc2-n2c3ccc(-c4ccc5c(c4)N(c4ccccc4)c4ccccc4N5c4ccccc4)cc3c3cccc1c32. The maximum absolute atomic E-state index is 2.49. The van der Waals surface area contributed by atoms with Crippen LogP contribution in [0.4, 0.5) is 34.1 Å². The Bertz CT molecular complexity index is 2540. The van der Waals surface area contributed by atoms with E-state index in [1.54, 1.807) is 0 Å². The highest BCUT2D eigenvalue weighted by Gasteiger charge is 2.35. The van der Waals surface area contributed by atoms with E-state index in [0.29, 0.717) is 0 Å². The van der Waals surface area contributed by atoms with Crippen LogP contribution in [-0.4, -0.2) is 4.57 Å². The predicted octanol–water partition coefficient (Wildman–Crippen LogP) is 12.3. The molecule has 0 saturated heterocycles. The first-order valence-electron chi connectivity index (χ1n) is 16.7. The quantitative estimate of drug-likeness (QED) is 0.196. The Labute approximate surface area is 280 Å². The summed E-state index contributed by atoms with van der Waals surface area (Å²) in [6.45, 7) is 4.71. The largest absolute Gasteiger partial charge is 0.309 e. The van der Waals surface area contributed by atoms with Crippen LogP contribution in [0.3, 0.4) is 0 Å². The molecule has 3 nitrogen and oxygen atoms in total. The van der Waals surface area contributed by atoms with Crippen molar-refractivity contribution in [2.24, 2.45) is 0 Å². The van der Waals surface area contributed by atoms with E-state index in [2.05, 4.69) is 192 Å². The molecule has 1 aromatic heterocycles. The monoisotopic (exact) mass is 615 g/mol. The molecule has 48 heavy (non-hydrogen) atoms. The zero-order chi connectivity index (χ0) is 32.0. The van der Waals surface area contributed by atoms with Gasteiger partial charge in [-0.2, -0.15) is 0 Å². The van der Waals surface area contributed by atoms with Gasteiger partial charge in [0.25, 0.3) is 0 Å². The maximum Gasteiger partial charge on any atom is 0.0709 e. The van der Waals surface area contributed by atoms with Gasteiger partial charge in [-0.15, -0.1) is 0 Å². The lowest BCUT2D eigenvalue weighted by Crippen LogP contribution is -2.26. The van der Waals surface area contributed by atoms with Crippen molar-refractivity contribution >= 4 is 55.9 Å². The van der Waals surface area contributed by atoms with Crippen molar-refractivity contribution in [2.45, 2.75) is 19.3 Å². The van der Waals surface area contributed by atoms with Crippen molar-refractivity contribution in [1.82, 2.24) is 4.57 Å². The van der Waals surface area contributed by atoms with E-state index < -0.39 is 0 Å². The van der Waals surface area contributed by atoms with Gasteiger partial charge in [-0.25, -0.2) is 0 Å². The molecule has 2 aliphatic rings. The van der Waals surface area contributed by atoms with Gasteiger partial charge in [-0.1, -0.05) is 111 Å². The molecule has 7 aromatic carbocycles. The first-order chi connectivity index (χ1) is 23.6. The number of aromatic nitrogens is 1. The van der Waals surface area contributed by atoms with E-state index >= 15 is 0 Å². The summed E-state index contributed by atoms with van der Waals surface area (Å²) in [4.78, 5) is 4.80. The van der Waals surface area contributed by atoms with Crippen LogP contribution in [-0.2, 0) is 5.41 Å². The second-order valence-electron chi connectivity index (χ2n) is 13.4. The summed E-state index contributed by atoms with van der Waals surface area (Å²) in [6, 6.07) is 59.8. The van der Waals surface area contributed by atoms with Gasteiger partial charge in [0.1, 0.15) is 0 Å². The molecule has 0 aliphatic carbocycles. The fourth-order valence-electron chi connectivity index (χ4n) is 8.23. The smallest absolute Gasteiger partial charge is 0.0709 e. The van der Waals surface area contributed by atoms with E-state index in [1.165, 1.54) is 49.7 Å². The van der Waals surface area contributed by atoms with Gasteiger partial charge in [0.05, 0.1) is 39.5 Å². The van der Waals surface area contributed by atoms with E-state index in [-0.39, 0.29) is 5.41 Å². The third-order valence-electron chi connectivity index (χ3n) is 10.5. The summed E-state index contributed by atoms with van der Waals surface area (Å²) in [5.41, 5.74) is 15.8. The van der Waals surface area contributed by atoms with E-state index in [1.807, 2.05) is 0 Å². The molecule has 10 rings (SSSR count). The zero-order valence-electron chi connectivity index (χ0n) is 26.9. The van der Waals surface area contributed by atoms with Crippen LogP contribution in [0.2, 0.25) is 0 Å². The Hall–Kier alpha value is -6.06. The van der Waals surface area contributed by atoms with Crippen LogP contribution < -0.4 is 9.80 Å². The molecule has 0 spiro atoms. The average molecular weight is 616 g/mol. The van der Waals surface area contributed by atoms with Gasteiger partial charge in [0, 0.05) is 27.6 Å². The normalized spacial score (nSPS) is 14.1. The van der Waals surface area contributed by atoms with Crippen molar-refractivity contribution < 1.29 is 0 Å². The van der Waals surface area contributed by atoms with Crippen LogP contribution in [0.25, 0.3) is 38.6 Å². The fourth-order valence-corrected chi connectivity index (χ4v) is 8.23. The van der Waals surface area contributed by atoms with E-state index in [4.69, 9.17) is 0 Å². The zero-order valence-corrected chi connectivity index (χ0v) is 26.9. The van der Waals surface area contributed by atoms with Gasteiger partial charge < -0.3 is 14.4 Å². The van der Waals surface area contributed by atoms with Gasteiger partial charge in [-0.05, 0) is 89.0 Å². The van der Waals surface area contributed by atoms with Crippen LogP contribution in [0.5, 0.6) is 0 Å². The minimum atomic E-state index is -0.0797. The van der Waals surface area contributed by atoms with Crippen molar-refractivity contribution in [1.29, 1.82) is 0 Å². The van der Waals surface area contributed by atoms with Gasteiger partial charge in [-0.3, -0.25) is 0 Å². The number of benzene rings is 7. The van der Waals surface area contributed by atoms with Crippen molar-refractivity contribution in [2.75, 3.05) is 9.80 Å². The molecular formula is C45H33N3. The van der Waals surface area contributed by atoms with Gasteiger partial charge in [0.2, 0.25) is 0 Å². The van der Waals surface area contributed by atoms with Crippen molar-refractivity contribution in [3.05, 3.63) is 175 Å². The van der Waals surface area contributed by atoms with Crippen LogP contribution in [0.15, 0.2) is 164 Å². The second-order valence-corrected chi connectivity index (χ2v) is 13.4. The highest BCUT2D eigenvalue weighted by atomic mass is 15.3. The van der Waals surface area contributed by atoms with E-state index in [9.17, 15) is 0 Å². The molecule has 3 heterocycles. The van der Waals surface area contributed by atoms with Crippen molar-refractivity contribution in [3.63, 3.8) is 0 Å². The third-order valence-corrected chi connectivity index (χ3v) is 10.5. The molecule has 2 aliphatic heterocycles. The number of para-hydroxylation sites is 6. The number of fused-ring (bicyclic) bond motifs is 7. The maximum atomic E-state index is 2.49. The first kappa shape index (κ1) is 27.1. The minimum absolute atomic E-state index is 0.0797. The number of hydrogen-bond acceptors (Lipinski definition) is 2. The molecule has 0 fully saturated rings. The second kappa shape index (κ2) is 9.97. The number of anilines is 6. The minimum Gasteiger partial charge on any atom is -0.309 e. The molecule has 0 amide bonds. The molecule has 0 N–H and O–H groups in total. The standard InChI is InChI=1S/C45H33N3/c1-45(2)36-19-9-10-21-39(36)48-38-26-24-30(28-35(38)34-18-13-20-37(45)44(34)48)31-25-27-42-43(29-31)47(33-16-7-4-8-17-33)41-23-12-11-22-40(41)46(42)32-14-5-3-6-15-32/h3-29H,1-2H3. The average Bonchev–Trinajstić information content (AvgIpc) is 3.47. The Balaban J connectivity index is 1.21. The lowest BCUT2D eigenvalue weighted by Gasteiger charge is -2.40. The summed E-state index contributed by atoms with van der Waals surface area (Å²) in [7, 11) is 0. The first-order valence-corrected chi connectivity index (χ1v) is 16.7. The molecule has 0 unspecified atom stereocenters. The molecule has 3 heteroatoms. The molecule has 0 saturated carbocycles. The molecule has 0 radical (unpaired) electrons. The fraction of sp³-hybridized carbons (Fsp3) is 0.0667. The Morgan fingerprint density at radius 1 is 0.396 bits per heavy atom.